The largest absolute Gasteiger partial charge is 0.356 e. The van der Waals surface area contributed by atoms with Crippen molar-refractivity contribution in [3.05, 3.63) is 11.8 Å². The monoisotopic (exact) mass is 236 g/mol. The number of nitrogens with one attached hydrogen (secondary N) is 1. The first-order chi connectivity index (χ1) is 7.97. The summed E-state index contributed by atoms with van der Waals surface area (Å²) in [7, 11) is 2.09. The molecule has 1 aromatic heterocycles. The molecular weight excluding hydrogens is 212 g/mol. The summed E-state index contributed by atoms with van der Waals surface area (Å²) < 4.78 is 0. The van der Waals surface area contributed by atoms with Crippen LogP contribution in [-0.2, 0) is 0 Å². The Hall–Kier alpha value is -1.32. The van der Waals surface area contributed by atoms with Crippen molar-refractivity contribution >= 4 is 11.8 Å². The van der Waals surface area contributed by atoms with Gasteiger partial charge in [-0.15, -0.1) is 0 Å². The molecule has 1 rings (SSSR count). The van der Waals surface area contributed by atoms with Gasteiger partial charge in [-0.3, -0.25) is 0 Å². The number of hydrogen-bond donors (Lipinski definition) is 1. The molecule has 0 bridgehead atoms. The molecule has 0 amide bonds. The second-order valence-corrected chi connectivity index (χ2v) is 4.83. The Bertz CT molecular complexity index is 362. The fraction of sp³-hybridized carbons (Fsp3) is 0.692. The van der Waals surface area contributed by atoms with Gasteiger partial charge in [-0.25, -0.2) is 4.98 Å². The molecule has 0 aromatic carbocycles. The molecule has 0 fully saturated rings. The maximum absolute atomic E-state index is 4.57. The van der Waals surface area contributed by atoms with Gasteiger partial charge >= 0.3 is 0 Å². The molecule has 0 radical (unpaired) electrons. The molecule has 0 saturated heterocycles. The van der Waals surface area contributed by atoms with Gasteiger partial charge in [0.2, 0.25) is 5.95 Å². The number of nitrogens with zero attached hydrogens (tertiary/aromatic N) is 3. The van der Waals surface area contributed by atoms with E-state index in [-0.39, 0.29) is 0 Å². The first-order valence-corrected chi connectivity index (χ1v) is 6.27. The van der Waals surface area contributed by atoms with Gasteiger partial charge in [0.05, 0.1) is 0 Å². The average molecular weight is 236 g/mol. The highest BCUT2D eigenvalue weighted by atomic mass is 15.2. The maximum Gasteiger partial charge on any atom is 0.224 e. The minimum absolute atomic E-state index is 0.457. The quantitative estimate of drug-likeness (QED) is 0.853. The molecule has 0 aliphatic rings. The van der Waals surface area contributed by atoms with Gasteiger partial charge in [0.1, 0.15) is 5.82 Å². The summed E-state index contributed by atoms with van der Waals surface area (Å²) in [4.78, 5) is 11.1. The number of aryl methyl sites for hydroxylation is 1. The van der Waals surface area contributed by atoms with Crippen molar-refractivity contribution in [2.45, 2.75) is 40.7 Å². The van der Waals surface area contributed by atoms with E-state index in [1.54, 1.807) is 0 Å². The fourth-order valence-corrected chi connectivity index (χ4v) is 1.67. The fourth-order valence-electron chi connectivity index (χ4n) is 1.67. The summed E-state index contributed by atoms with van der Waals surface area (Å²) in [5.74, 6) is 2.31. The lowest BCUT2D eigenvalue weighted by Gasteiger charge is -2.30. The van der Waals surface area contributed by atoms with E-state index in [0.29, 0.717) is 17.9 Å². The Labute approximate surface area is 104 Å². The smallest absolute Gasteiger partial charge is 0.224 e. The minimum atomic E-state index is 0.457. The number of aromatic nitrogens is 2. The molecule has 4 heteroatoms. The summed E-state index contributed by atoms with van der Waals surface area (Å²) in [6.07, 6.45) is 1.88. The van der Waals surface area contributed by atoms with Crippen LogP contribution in [0.2, 0.25) is 0 Å². The third-order valence-electron chi connectivity index (χ3n) is 3.19. The van der Waals surface area contributed by atoms with Gasteiger partial charge in [0, 0.05) is 31.4 Å². The van der Waals surface area contributed by atoms with Crippen LogP contribution in [0.5, 0.6) is 0 Å². The Balaban J connectivity index is 2.98. The molecule has 1 N–H and O–H groups in total. The van der Waals surface area contributed by atoms with Crippen molar-refractivity contribution in [3.8, 4) is 0 Å². The van der Waals surface area contributed by atoms with Crippen molar-refractivity contribution in [3.63, 3.8) is 0 Å². The summed E-state index contributed by atoms with van der Waals surface area (Å²) in [5, 5.41) is 3.15. The molecule has 1 atom stereocenters. The zero-order valence-electron chi connectivity index (χ0n) is 11.8. The average Bonchev–Trinajstić information content (AvgIpc) is 2.30. The molecule has 0 aliphatic heterocycles. The predicted molar refractivity (Wildman–Crippen MR) is 73.6 cm³/mol. The number of hydrogen-bond acceptors (Lipinski definition) is 4. The van der Waals surface area contributed by atoms with Crippen molar-refractivity contribution in [2.75, 3.05) is 23.8 Å². The molecule has 0 spiro atoms. The van der Waals surface area contributed by atoms with Crippen molar-refractivity contribution in [1.82, 2.24) is 9.97 Å². The highest BCUT2D eigenvalue weighted by Gasteiger charge is 2.17. The van der Waals surface area contributed by atoms with E-state index >= 15 is 0 Å². The topological polar surface area (TPSA) is 41.1 Å². The first kappa shape index (κ1) is 13.7. The van der Waals surface area contributed by atoms with Crippen LogP contribution in [-0.4, -0.2) is 29.6 Å². The Kier molecular flexibility index (Phi) is 4.73. The summed E-state index contributed by atoms with van der Waals surface area (Å²) in [6.45, 7) is 11.6. The Morgan fingerprint density at radius 2 is 2.00 bits per heavy atom. The SMILES string of the molecule is CCNc1ncc(C)c(N(C)C(C)C(C)C)n1. The van der Waals surface area contributed by atoms with E-state index in [0.717, 1.165) is 17.9 Å². The Morgan fingerprint density at radius 3 is 2.53 bits per heavy atom. The molecule has 4 nitrogen and oxygen atoms in total. The lowest BCUT2D eigenvalue weighted by Crippen LogP contribution is -2.34. The van der Waals surface area contributed by atoms with Crippen LogP contribution < -0.4 is 10.2 Å². The van der Waals surface area contributed by atoms with E-state index in [9.17, 15) is 0 Å². The standard InChI is InChI=1S/C13H24N4/c1-7-14-13-15-8-10(4)12(16-13)17(6)11(5)9(2)3/h8-9,11H,7H2,1-6H3,(H,14,15,16). The van der Waals surface area contributed by atoms with Gasteiger partial charge in [-0.2, -0.15) is 4.98 Å². The summed E-state index contributed by atoms with van der Waals surface area (Å²) in [5.41, 5.74) is 1.11. The maximum atomic E-state index is 4.57. The van der Waals surface area contributed by atoms with Gasteiger partial charge in [0.15, 0.2) is 0 Å². The second kappa shape index (κ2) is 5.84. The zero-order valence-corrected chi connectivity index (χ0v) is 11.8. The molecule has 1 unspecified atom stereocenters. The van der Waals surface area contributed by atoms with Gasteiger partial charge in [-0.05, 0) is 26.7 Å². The first-order valence-electron chi connectivity index (χ1n) is 6.27. The van der Waals surface area contributed by atoms with Crippen LogP contribution in [0.4, 0.5) is 11.8 Å². The summed E-state index contributed by atoms with van der Waals surface area (Å²) in [6, 6.07) is 0.457. The van der Waals surface area contributed by atoms with E-state index in [2.05, 4.69) is 54.9 Å². The molecule has 0 aliphatic carbocycles. The van der Waals surface area contributed by atoms with E-state index in [4.69, 9.17) is 0 Å². The van der Waals surface area contributed by atoms with Crippen LogP contribution in [0.3, 0.4) is 0 Å². The Morgan fingerprint density at radius 1 is 1.35 bits per heavy atom. The van der Waals surface area contributed by atoms with Crippen molar-refractivity contribution < 1.29 is 0 Å². The van der Waals surface area contributed by atoms with Gasteiger partial charge < -0.3 is 10.2 Å². The number of rotatable bonds is 5. The van der Waals surface area contributed by atoms with Gasteiger partial charge in [0.25, 0.3) is 0 Å². The predicted octanol–water partition coefficient (Wildman–Crippen LogP) is 2.70. The van der Waals surface area contributed by atoms with Gasteiger partial charge in [-0.1, -0.05) is 13.8 Å². The molecule has 96 valence electrons. The lowest BCUT2D eigenvalue weighted by atomic mass is 10.1. The van der Waals surface area contributed by atoms with Crippen LogP contribution in [0.1, 0.15) is 33.3 Å². The zero-order chi connectivity index (χ0) is 13.0. The molecular formula is C13H24N4. The van der Waals surface area contributed by atoms with Crippen LogP contribution in [0, 0.1) is 12.8 Å². The van der Waals surface area contributed by atoms with Crippen LogP contribution in [0.15, 0.2) is 6.20 Å². The highest BCUT2D eigenvalue weighted by molar-refractivity contribution is 5.49. The van der Waals surface area contributed by atoms with E-state index in [1.165, 1.54) is 0 Å². The lowest BCUT2D eigenvalue weighted by molar-refractivity contribution is 0.502. The van der Waals surface area contributed by atoms with Crippen molar-refractivity contribution in [2.24, 2.45) is 5.92 Å². The van der Waals surface area contributed by atoms with Crippen LogP contribution in [0.25, 0.3) is 0 Å². The van der Waals surface area contributed by atoms with Crippen molar-refractivity contribution in [1.29, 1.82) is 0 Å². The summed E-state index contributed by atoms with van der Waals surface area (Å²) >= 11 is 0. The third-order valence-corrected chi connectivity index (χ3v) is 3.19. The molecule has 1 aromatic rings. The third kappa shape index (κ3) is 3.32. The van der Waals surface area contributed by atoms with Crippen LogP contribution >= 0.6 is 0 Å². The number of anilines is 2. The van der Waals surface area contributed by atoms with E-state index < -0.39 is 0 Å². The molecule has 0 saturated carbocycles. The van der Waals surface area contributed by atoms with E-state index in [1.807, 2.05) is 13.1 Å². The highest BCUT2D eigenvalue weighted by Crippen LogP contribution is 2.21. The minimum Gasteiger partial charge on any atom is -0.356 e. The normalized spacial score (nSPS) is 12.6. The molecule has 1 heterocycles. The molecule has 17 heavy (non-hydrogen) atoms. The second-order valence-electron chi connectivity index (χ2n) is 4.83.